The standard InChI is InChI=1S/C17H19N3O/c1-2-20-15-6-4-3-5-14(15)19-17(20)11-16(21)12-7-9-13(18)10-8-12/h3-10,16,21H,2,11,18H2,1H3. The van der Waals surface area contributed by atoms with Crippen molar-refractivity contribution in [3.63, 3.8) is 0 Å². The lowest BCUT2D eigenvalue weighted by molar-refractivity contribution is 0.175. The Morgan fingerprint density at radius 3 is 2.57 bits per heavy atom. The molecule has 4 heteroatoms. The van der Waals surface area contributed by atoms with Gasteiger partial charge in [-0.25, -0.2) is 4.98 Å². The third-order valence-electron chi connectivity index (χ3n) is 3.75. The first kappa shape index (κ1) is 13.6. The summed E-state index contributed by atoms with van der Waals surface area (Å²) in [6.07, 6.45) is -0.0837. The Bertz CT molecular complexity index is 746. The molecule has 3 rings (SSSR count). The minimum Gasteiger partial charge on any atom is -0.399 e. The van der Waals surface area contributed by atoms with Crippen LogP contribution >= 0.6 is 0 Å². The summed E-state index contributed by atoms with van der Waals surface area (Å²) in [4.78, 5) is 4.64. The van der Waals surface area contributed by atoms with Crippen LogP contribution in [0.4, 0.5) is 5.69 Å². The summed E-state index contributed by atoms with van der Waals surface area (Å²) in [6.45, 7) is 2.93. The lowest BCUT2D eigenvalue weighted by atomic mass is 10.1. The number of fused-ring (bicyclic) bond motifs is 1. The number of aliphatic hydroxyl groups is 1. The van der Waals surface area contributed by atoms with E-state index in [0.29, 0.717) is 12.1 Å². The average Bonchev–Trinajstić information content (AvgIpc) is 2.84. The number of imidazole rings is 1. The predicted octanol–water partition coefficient (Wildman–Crippen LogP) is 2.91. The first-order valence-electron chi connectivity index (χ1n) is 7.16. The Hall–Kier alpha value is -2.33. The number of nitrogens with zero attached hydrogens (tertiary/aromatic N) is 2. The Morgan fingerprint density at radius 1 is 1.14 bits per heavy atom. The van der Waals surface area contributed by atoms with Crippen molar-refractivity contribution in [3.8, 4) is 0 Å². The van der Waals surface area contributed by atoms with Crippen molar-refractivity contribution in [1.82, 2.24) is 9.55 Å². The summed E-state index contributed by atoms with van der Waals surface area (Å²) < 4.78 is 2.15. The minimum atomic E-state index is -0.576. The molecule has 21 heavy (non-hydrogen) atoms. The molecule has 0 fully saturated rings. The highest BCUT2D eigenvalue weighted by Crippen LogP contribution is 2.22. The number of hydrogen-bond donors (Lipinski definition) is 2. The van der Waals surface area contributed by atoms with Crippen LogP contribution in [0.15, 0.2) is 48.5 Å². The van der Waals surface area contributed by atoms with Gasteiger partial charge < -0.3 is 15.4 Å². The number of nitrogens with two attached hydrogens (primary N) is 1. The van der Waals surface area contributed by atoms with Crippen LogP contribution in [0.2, 0.25) is 0 Å². The molecular weight excluding hydrogens is 262 g/mol. The number of aliphatic hydroxyl groups excluding tert-OH is 1. The molecule has 0 radical (unpaired) electrons. The van der Waals surface area contributed by atoms with Crippen molar-refractivity contribution >= 4 is 16.7 Å². The van der Waals surface area contributed by atoms with Crippen molar-refractivity contribution in [2.24, 2.45) is 0 Å². The Kier molecular flexibility index (Phi) is 3.62. The fourth-order valence-electron chi connectivity index (χ4n) is 2.64. The van der Waals surface area contributed by atoms with Gasteiger partial charge in [-0.05, 0) is 36.8 Å². The molecule has 1 atom stereocenters. The van der Waals surface area contributed by atoms with E-state index in [4.69, 9.17) is 5.73 Å². The van der Waals surface area contributed by atoms with E-state index >= 15 is 0 Å². The summed E-state index contributed by atoms with van der Waals surface area (Å²) in [5.74, 6) is 0.906. The average molecular weight is 281 g/mol. The van der Waals surface area contributed by atoms with Gasteiger partial charge in [0.05, 0.1) is 17.1 Å². The summed E-state index contributed by atoms with van der Waals surface area (Å²) in [6, 6.07) is 15.4. The van der Waals surface area contributed by atoms with Gasteiger partial charge in [0.2, 0.25) is 0 Å². The van der Waals surface area contributed by atoms with Gasteiger partial charge in [0.15, 0.2) is 0 Å². The number of benzene rings is 2. The van der Waals surface area contributed by atoms with E-state index in [2.05, 4.69) is 22.5 Å². The van der Waals surface area contributed by atoms with Crippen LogP contribution in [-0.2, 0) is 13.0 Å². The second kappa shape index (κ2) is 5.58. The van der Waals surface area contributed by atoms with E-state index in [1.807, 2.05) is 30.3 Å². The predicted molar refractivity (Wildman–Crippen MR) is 84.9 cm³/mol. The molecule has 2 aromatic carbocycles. The van der Waals surface area contributed by atoms with E-state index in [1.54, 1.807) is 12.1 Å². The third kappa shape index (κ3) is 2.62. The van der Waals surface area contributed by atoms with Crippen molar-refractivity contribution < 1.29 is 5.11 Å². The molecule has 0 saturated heterocycles. The monoisotopic (exact) mass is 281 g/mol. The fraction of sp³-hybridized carbons (Fsp3) is 0.235. The molecule has 0 amide bonds. The highest BCUT2D eigenvalue weighted by atomic mass is 16.3. The van der Waals surface area contributed by atoms with E-state index < -0.39 is 6.10 Å². The van der Waals surface area contributed by atoms with E-state index in [9.17, 15) is 5.11 Å². The van der Waals surface area contributed by atoms with E-state index in [-0.39, 0.29) is 0 Å². The van der Waals surface area contributed by atoms with Gasteiger partial charge in [-0.2, -0.15) is 0 Å². The van der Waals surface area contributed by atoms with Crippen molar-refractivity contribution in [3.05, 3.63) is 59.9 Å². The highest BCUT2D eigenvalue weighted by Gasteiger charge is 2.15. The van der Waals surface area contributed by atoms with E-state index in [0.717, 1.165) is 29.0 Å². The maximum absolute atomic E-state index is 10.4. The Labute approximate surface area is 123 Å². The first-order chi connectivity index (χ1) is 10.2. The number of nitrogen functional groups attached to an aromatic ring is 1. The van der Waals surface area contributed by atoms with Gasteiger partial charge >= 0.3 is 0 Å². The third-order valence-corrected chi connectivity index (χ3v) is 3.75. The van der Waals surface area contributed by atoms with Crippen LogP contribution in [0.25, 0.3) is 11.0 Å². The molecule has 0 aliphatic carbocycles. The van der Waals surface area contributed by atoms with Crippen LogP contribution in [-0.4, -0.2) is 14.7 Å². The molecule has 0 bridgehead atoms. The molecule has 0 aliphatic rings. The number of anilines is 1. The fourth-order valence-corrected chi connectivity index (χ4v) is 2.64. The summed E-state index contributed by atoms with van der Waals surface area (Å²) in [5.41, 5.74) is 9.32. The maximum Gasteiger partial charge on any atom is 0.112 e. The van der Waals surface area contributed by atoms with Gasteiger partial charge in [0, 0.05) is 18.7 Å². The molecule has 1 aromatic heterocycles. The molecule has 0 aliphatic heterocycles. The SMILES string of the molecule is CCn1c(CC(O)c2ccc(N)cc2)nc2ccccc21. The molecule has 0 saturated carbocycles. The quantitative estimate of drug-likeness (QED) is 0.723. The van der Waals surface area contributed by atoms with Crippen LogP contribution in [0.3, 0.4) is 0 Å². The van der Waals surface area contributed by atoms with Gasteiger partial charge in [-0.15, -0.1) is 0 Å². The number of rotatable bonds is 4. The Balaban J connectivity index is 1.92. The largest absolute Gasteiger partial charge is 0.399 e. The minimum absolute atomic E-state index is 0.492. The highest BCUT2D eigenvalue weighted by molar-refractivity contribution is 5.75. The van der Waals surface area contributed by atoms with Crippen molar-refractivity contribution in [2.45, 2.75) is 26.0 Å². The summed E-state index contributed by atoms with van der Waals surface area (Å²) in [7, 11) is 0. The lowest BCUT2D eigenvalue weighted by Gasteiger charge is -2.12. The lowest BCUT2D eigenvalue weighted by Crippen LogP contribution is -2.08. The van der Waals surface area contributed by atoms with Gasteiger partial charge in [-0.3, -0.25) is 0 Å². The number of para-hydroxylation sites is 2. The van der Waals surface area contributed by atoms with Crippen LogP contribution in [0.1, 0.15) is 24.4 Å². The van der Waals surface area contributed by atoms with Gasteiger partial charge in [0.25, 0.3) is 0 Å². The second-order valence-corrected chi connectivity index (χ2v) is 5.15. The maximum atomic E-state index is 10.4. The zero-order valence-electron chi connectivity index (χ0n) is 12.0. The number of aryl methyl sites for hydroxylation is 1. The molecular formula is C17H19N3O. The molecule has 3 N–H and O–H groups in total. The Morgan fingerprint density at radius 2 is 1.86 bits per heavy atom. The van der Waals surface area contributed by atoms with Crippen LogP contribution in [0, 0.1) is 0 Å². The van der Waals surface area contributed by atoms with Crippen LogP contribution in [0.5, 0.6) is 0 Å². The number of aromatic nitrogens is 2. The normalized spacial score (nSPS) is 12.7. The molecule has 4 nitrogen and oxygen atoms in total. The van der Waals surface area contributed by atoms with Gasteiger partial charge in [-0.1, -0.05) is 24.3 Å². The zero-order chi connectivity index (χ0) is 14.8. The molecule has 1 unspecified atom stereocenters. The van der Waals surface area contributed by atoms with Gasteiger partial charge in [0.1, 0.15) is 5.82 Å². The molecule has 3 aromatic rings. The molecule has 0 spiro atoms. The second-order valence-electron chi connectivity index (χ2n) is 5.15. The number of hydrogen-bond acceptors (Lipinski definition) is 3. The van der Waals surface area contributed by atoms with Crippen molar-refractivity contribution in [2.75, 3.05) is 5.73 Å². The first-order valence-corrected chi connectivity index (χ1v) is 7.16. The van der Waals surface area contributed by atoms with Crippen molar-refractivity contribution in [1.29, 1.82) is 0 Å². The van der Waals surface area contributed by atoms with E-state index in [1.165, 1.54) is 0 Å². The smallest absolute Gasteiger partial charge is 0.112 e. The molecule has 108 valence electrons. The van der Waals surface area contributed by atoms with Crippen LogP contribution < -0.4 is 5.73 Å². The molecule has 1 heterocycles. The summed E-state index contributed by atoms with van der Waals surface area (Å²) in [5, 5.41) is 10.4. The zero-order valence-corrected chi connectivity index (χ0v) is 12.0. The summed E-state index contributed by atoms with van der Waals surface area (Å²) >= 11 is 0. The topological polar surface area (TPSA) is 64.1 Å².